The summed E-state index contributed by atoms with van der Waals surface area (Å²) in [6.07, 6.45) is -14.0. The summed E-state index contributed by atoms with van der Waals surface area (Å²) in [5, 5.41) is 86.0. The molecule has 45 nitrogen and oxygen atoms in total. The molecule has 0 saturated carbocycles. The van der Waals surface area contributed by atoms with Crippen LogP contribution in [0.15, 0.2) is 133 Å². The van der Waals surface area contributed by atoms with Gasteiger partial charge in [0.15, 0.2) is 0 Å². The van der Waals surface area contributed by atoms with Crippen LogP contribution in [0.5, 0.6) is 0 Å². The third-order valence-corrected chi connectivity index (χ3v) is 20.9. The number of furan rings is 1. The Balaban J connectivity index is 0.000000200. The number of carbonyl (C=O) groups excluding carboxylic acids is 1. The summed E-state index contributed by atoms with van der Waals surface area (Å²) in [5.41, 5.74) is 11.3. The molecule has 0 radical (unpaired) electrons. The monoisotopic (exact) mass is 2070 g/mol. The van der Waals surface area contributed by atoms with Crippen LogP contribution in [0, 0.1) is 47.4 Å². The molecule has 4 aliphatic rings. The number of fused-ring (bicyclic) bond motifs is 4. The Bertz CT molecular complexity index is 7010. The fourth-order valence-corrected chi connectivity index (χ4v) is 14.0. The molecule has 0 unspecified atom stereocenters. The fraction of sp³-hybridized carbons (Fsp3) is 0.356. The first-order valence-corrected chi connectivity index (χ1v) is 43.4. The Kier molecular flexibility index (Phi) is 39.6. The molecule has 4 fully saturated rings. The van der Waals surface area contributed by atoms with Gasteiger partial charge >= 0.3 is 66.5 Å². The van der Waals surface area contributed by atoms with Crippen molar-refractivity contribution in [2.24, 2.45) is 5.73 Å². The standard InChI is InChI=1S/C21H23N7O2.2C21H22N6O3.C19H20N6O4.4C2HF3O2/c1-2-3-10-27-18-17(25-21(27)26-11-8-23-9-12-26)13-24-28(20(18)30)14-15-4-6-16(7-5-15)19(22)29;1-2-3-10-26-18-17(24-21(26)25-11-8-22-9-12-25)13-23-27(19(18)28)14-15-4-6-16(7-5-15)20(29)30;1-2-3-9-26-18-17(24-21(26)25-10-7-22-8-11-25)13-23-27(19(18)28)14-15-5-4-6-16(12-15)20(29)30;1-2-3-8-24-16-14(22-19(24)23-9-6-20-7-10-23)11-21-25(17(16)26)12-13-4-5-15(29-13)18(27)28;4*3-2(4,5)1(6)7/h4-7,13,23H,8-12,14H2,1H3,(H2,22,29);4-7,13,22H,8-12,14H2,1H3,(H,29,30);4-6,12-13,22H,7-11,14H2,1H3,(H,29,30);4-5,11,20H,6-10,12H2,1H3,(H,27,28);4*(H,6,7). The Labute approximate surface area is 820 Å². The lowest BCUT2D eigenvalue weighted by Crippen LogP contribution is -2.44. The highest BCUT2D eigenvalue weighted by molar-refractivity contribution is 5.93. The molecule has 4 aliphatic heterocycles. The highest BCUT2D eigenvalue weighted by Gasteiger charge is 2.41. The number of halogens is 12. The molecule has 780 valence electrons. The molecular weight excluding hydrogens is 1980 g/mol. The quantitative estimate of drug-likeness (QED) is 0.0366. The van der Waals surface area contributed by atoms with Gasteiger partial charge in [-0.05, 0) is 92.9 Å². The van der Waals surface area contributed by atoms with Crippen molar-refractivity contribution < 1.29 is 131 Å². The van der Waals surface area contributed by atoms with E-state index in [9.17, 15) is 96.1 Å². The van der Waals surface area contributed by atoms with E-state index in [1.807, 2.05) is 18.3 Å². The van der Waals surface area contributed by atoms with Gasteiger partial charge in [-0.25, -0.2) is 72.2 Å². The normalized spacial score (nSPS) is 13.4. The van der Waals surface area contributed by atoms with E-state index < -0.39 is 72.4 Å². The van der Waals surface area contributed by atoms with Crippen LogP contribution in [0.1, 0.15) is 91.8 Å². The number of piperazine rings is 4. The molecule has 13 N–H and O–H groups in total. The number of aromatic carboxylic acids is 3. The molecule has 0 spiro atoms. The Hall–Kier alpha value is -17.5. The summed E-state index contributed by atoms with van der Waals surface area (Å²) in [6.45, 7) is 22.5. The van der Waals surface area contributed by atoms with Gasteiger partial charge in [-0.3, -0.25) is 42.2 Å². The van der Waals surface area contributed by atoms with Gasteiger partial charge in [0, 0.05) is 110 Å². The number of hydrogen-bond acceptors (Lipinski definition) is 29. The van der Waals surface area contributed by atoms with Crippen LogP contribution < -0.4 is 68.8 Å². The molecule has 57 heteroatoms. The van der Waals surface area contributed by atoms with Crippen LogP contribution in [0.2, 0.25) is 0 Å². The van der Waals surface area contributed by atoms with Gasteiger partial charge in [0.2, 0.25) is 35.5 Å². The minimum absolute atomic E-state index is 0.0235. The second-order valence-corrected chi connectivity index (χ2v) is 30.9. The number of imidazole rings is 4. The number of carboxylic acids is 7. The highest BCUT2D eigenvalue weighted by Crippen LogP contribution is 2.27. The fourth-order valence-electron chi connectivity index (χ4n) is 14.0. The summed E-state index contributed by atoms with van der Waals surface area (Å²) in [6, 6.07) is 22.6. The van der Waals surface area contributed by atoms with E-state index in [0.717, 1.165) is 134 Å². The summed E-state index contributed by atoms with van der Waals surface area (Å²) in [4.78, 5) is 160. The Morgan fingerprint density at radius 1 is 0.347 bits per heavy atom. The first kappa shape index (κ1) is 113. The van der Waals surface area contributed by atoms with Crippen LogP contribution in [0.25, 0.3) is 44.1 Å². The number of nitrogens with two attached hydrogens (primary N) is 1. The molecule has 0 bridgehead atoms. The van der Waals surface area contributed by atoms with E-state index in [2.05, 4.69) is 124 Å². The summed E-state index contributed by atoms with van der Waals surface area (Å²) < 4.78 is 145. The zero-order valence-electron chi connectivity index (χ0n) is 77.9. The van der Waals surface area contributed by atoms with Crippen LogP contribution in [-0.2, 0) is 71.5 Å². The molecule has 1 amide bonds. The third-order valence-electron chi connectivity index (χ3n) is 20.9. The Morgan fingerprint density at radius 3 is 0.844 bits per heavy atom. The average molecular weight is 2070 g/mol. The highest BCUT2D eigenvalue weighted by atomic mass is 19.4. The van der Waals surface area contributed by atoms with E-state index >= 15 is 0 Å². The number of amides is 1. The van der Waals surface area contributed by atoms with E-state index in [0.29, 0.717) is 93.1 Å². The molecule has 0 atom stereocenters. The molecule has 16 rings (SSSR count). The van der Waals surface area contributed by atoms with Gasteiger partial charge in [-0.1, -0.05) is 60.1 Å². The first-order valence-electron chi connectivity index (χ1n) is 43.4. The second kappa shape index (κ2) is 51.5. The number of hydrogen-bond donors (Lipinski definition) is 12. The minimum Gasteiger partial charge on any atom is -0.478 e. The number of alkyl halides is 12. The molecule has 147 heavy (non-hydrogen) atoms. The SMILES string of the molecule is CC#CCn1c(N2CCNCC2)nc2cnn(Cc3ccc(C(=O)O)cc3)c(=O)c21.CC#CCn1c(N2CCNCC2)nc2cnn(Cc3ccc(C(=O)O)o3)c(=O)c21.CC#CCn1c(N2CCNCC2)nc2cnn(Cc3ccc(C(N)=O)cc3)c(=O)c21.CC#CCn1c(N2CCNCC2)nc2cnn(Cc3cccc(C(=O)O)c3)c(=O)c21.O=C(O)C(F)(F)F.O=C(O)C(F)(F)F.O=C(O)C(F)(F)F.O=C(O)C(F)(F)F. The van der Waals surface area contributed by atoms with E-state index in [-0.39, 0.29) is 65.3 Å². The van der Waals surface area contributed by atoms with Crippen molar-refractivity contribution in [3.63, 3.8) is 0 Å². The number of primary amides is 1. The van der Waals surface area contributed by atoms with Gasteiger partial charge < -0.3 is 86.8 Å². The molecule has 3 aromatic carbocycles. The maximum Gasteiger partial charge on any atom is 0.490 e. The molecule has 4 saturated heterocycles. The number of aromatic nitrogens is 16. The van der Waals surface area contributed by atoms with Crippen LogP contribution in [0.3, 0.4) is 0 Å². The van der Waals surface area contributed by atoms with E-state index in [1.54, 1.807) is 107 Å². The van der Waals surface area contributed by atoms with Gasteiger partial charge in [-0.2, -0.15) is 73.1 Å². The number of anilines is 4. The number of benzene rings is 3. The topological polar surface area (TPSA) is 589 Å². The lowest BCUT2D eigenvalue weighted by atomic mass is 10.1. The van der Waals surface area contributed by atoms with Gasteiger partial charge in [0.05, 0.1) is 81.7 Å². The summed E-state index contributed by atoms with van der Waals surface area (Å²) in [5.74, 6) is 12.1. The number of carboxylic acid groups (broad SMARTS) is 7. The smallest absolute Gasteiger partial charge is 0.478 e. The zero-order chi connectivity index (χ0) is 108. The van der Waals surface area contributed by atoms with Crippen molar-refractivity contribution in [2.45, 2.75) is 105 Å². The zero-order valence-corrected chi connectivity index (χ0v) is 77.9. The maximum atomic E-state index is 13.3. The number of rotatable bonds is 20. The van der Waals surface area contributed by atoms with Crippen LogP contribution in [-0.4, -0.2) is 290 Å². The molecule has 9 aromatic heterocycles. The number of nitrogens with one attached hydrogen (secondary N) is 4. The predicted molar refractivity (Wildman–Crippen MR) is 500 cm³/mol. The third kappa shape index (κ3) is 31.0. The van der Waals surface area contributed by atoms with Gasteiger partial charge in [0.25, 0.3) is 22.2 Å². The predicted octanol–water partition coefficient (Wildman–Crippen LogP) is 4.62. The number of nitrogens with zero attached hydrogens (tertiary/aromatic N) is 20. The van der Waals surface area contributed by atoms with Gasteiger partial charge in [-0.15, -0.1) is 23.7 Å². The average Bonchev–Trinajstić information content (AvgIpc) is 1.63. The van der Waals surface area contributed by atoms with E-state index in [4.69, 9.17) is 65.0 Å². The minimum atomic E-state index is -5.08. The summed E-state index contributed by atoms with van der Waals surface area (Å²) in [7, 11) is 0. The molecule has 0 aliphatic carbocycles. The van der Waals surface area contributed by atoms with Crippen molar-refractivity contribution in [3.8, 4) is 47.4 Å². The van der Waals surface area contributed by atoms with Crippen LogP contribution >= 0.6 is 0 Å². The Morgan fingerprint density at radius 2 is 0.605 bits per heavy atom. The molecule has 13 heterocycles. The van der Waals surface area contributed by atoms with E-state index in [1.165, 1.54) is 49.1 Å². The van der Waals surface area contributed by atoms with Crippen molar-refractivity contribution in [1.82, 2.24) is 98.6 Å². The lowest BCUT2D eigenvalue weighted by molar-refractivity contribution is -0.193. The molecule has 12 aromatic rings. The first-order chi connectivity index (χ1) is 69.6. The van der Waals surface area contributed by atoms with Crippen molar-refractivity contribution >= 4 is 116 Å². The van der Waals surface area contributed by atoms with Crippen molar-refractivity contribution in [1.29, 1.82) is 0 Å². The number of aliphatic carboxylic acids is 4. The molecular formula is C90H91F12N25O20. The maximum absolute atomic E-state index is 13.3. The van der Waals surface area contributed by atoms with Crippen molar-refractivity contribution in [2.75, 3.05) is 124 Å². The second-order valence-electron chi connectivity index (χ2n) is 30.9. The van der Waals surface area contributed by atoms with Crippen LogP contribution in [0.4, 0.5) is 76.5 Å². The summed E-state index contributed by atoms with van der Waals surface area (Å²) >= 11 is 0. The van der Waals surface area contributed by atoms with Crippen molar-refractivity contribution in [3.05, 3.63) is 196 Å². The van der Waals surface area contributed by atoms with Gasteiger partial charge in [0.1, 0.15) is 56.4 Å². The largest absolute Gasteiger partial charge is 0.490 e. The lowest BCUT2D eigenvalue weighted by Gasteiger charge is -2.28. The number of carbonyl (C=O) groups is 8.